The van der Waals surface area contributed by atoms with Crippen molar-refractivity contribution < 1.29 is 0 Å². The fourth-order valence-electron chi connectivity index (χ4n) is 1.35. The van der Waals surface area contributed by atoms with Crippen LogP contribution in [0.4, 0.5) is 0 Å². The van der Waals surface area contributed by atoms with Gasteiger partial charge in [0.15, 0.2) is 10.4 Å². The minimum atomic E-state index is -0.435. The van der Waals surface area contributed by atoms with Gasteiger partial charge < -0.3 is 5.73 Å². The maximum Gasteiger partial charge on any atom is 0.153 e. The van der Waals surface area contributed by atoms with Crippen LogP contribution in [0.5, 0.6) is 0 Å². The van der Waals surface area contributed by atoms with Crippen molar-refractivity contribution in [1.82, 2.24) is 25.0 Å². The lowest BCUT2D eigenvalue weighted by Gasteiger charge is -2.10. The van der Waals surface area contributed by atoms with Crippen molar-refractivity contribution in [3.63, 3.8) is 0 Å². The van der Waals surface area contributed by atoms with Gasteiger partial charge in [0.25, 0.3) is 0 Å². The van der Waals surface area contributed by atoms with Crippen LogP contribution >= 0.6 is 15.9 Å². The molecule has 1 unspecified atom stereocenters. The number of hydrogen-bond acceptors (Lipinski definition) is 5. The summed E-state index contributed by atoms with van der Waals surface area (Å²) in [7, 11) is 1.78. The molecular formula is C9H11BrN6. The summed E-state index contributed by atoms with van der Waals surface area (Å²) in [4.78, 5) is 8.38. The Morgan fingerprint density at radius 3 is 2.50 bits per heavy atom. The molecule has 0 bridgehead atoms. The minimum Gasteiger partial charge on any atom is -0.316 e. The molecule has 84 valence electrons. The van der Waals surface area contributed by atoms with Crippen molar-refractivity contribution in [2.24, 2.45) is 12.8 Å². The molecule has 0 saturated heterocycles. The molecule has 2 aromatic heterocycles. The average Bonchev–Trinajstić information content (AvgIpc) is 2.59. The standard InChI is InChI=1S/C9H11BrN6/c1-5-3-12-9(13-4-5)6(11)7-8(10)14-15-16(7)2/h3-4,6H,11H2,1-2H3. The van der Waals surface area contributed by atoms with Gasteiger partial charge in [-0.2, -0.15) is 0 Å². The zero-order valence-electron chi connectivity index (χ0n) is 8.92. The largest absolute Gasteiger partial charge is 0.316 e. The molecule has 7 heteroatoms. The van der Waals surface area contributed by atoms with Gasteiger partial charge in [-0.05, 0) is 28.4 Å². The van der Waals surface area contributed by atoms with Gasteiger partial charge in [0.1, 0.15) is 6.04 Å². The molecule has 0 amide bonds. The molecule has 2 rings (SSSR count). The van der Waals surface area contributed by atoms with Crippen molar-refractivity contribution in [3.8, 4) is 0 Å². The molecule has 2 heterocycles. The maximum absolute atomic E-state index is 6.06. The Kier molecular flexibility index (Phi) is 2.97. The van der Waals surface area contributed by atoms with Gasteiger partial charge in [-0.15, -0.1) is 5.10 Å². The van der Waals surface area contributed by atoms with E-state index < -0.39 is 6.04 Å². The van der Waals surface area contributed by atoms with Crippen LogP contribution in [0.1, 0.15) is 23.1 Å². The van der Waals surface area contributed by atoms with Crippen LogP contribution in [0.2, 0.25) is 0 Å². The molecule has 0 aliphatic carbocycles. The summed E-state index contributed by atoms with van der Waals surface area (Å²) in [5.74, 6) is 0.553. The van der Waals surface area contributed by atoms with E-state index in [1.807, 2.05) is 6.92 Å². The molecule has 16 heavy (non-hydrogen) atoms. The summed E-state index contributed by atoms with van der Waals surface area (Å²) in [6, 6.07) is -0.435. The molecular weight excluding hydrogens is 272 g/mol. The molecule has 1 atom stereocenters. The number of aromatic nitrogens is 5. The zero-order valence-corrected chi connectivity index (χ0v) is 10.5. The second-order valence-electron chi connectivity index (χ2n) is 3.49. The molecule has 0 saturated carbocycles. The van der Waals surface area contributed by atoms with E-state index in [0.29, 0.717) is 10.4 Å². The van der Waals surface area contributed by atoms with Crippen LogP contribution in [0.25, 0.3) is 0 Å². The third-order valence-electron chi connectivity index (χ3n) is 2.20. The van der Waals surface area contributed by atoms with Crippen LogP contribution in [-0.2, 0) is 7.05 Å². The molecule has 0 spiro atoms. The van der Waals surface area contributed by atoms with Crippen molar-refractivity contribution in [2.45, 2.75) is 13.0 Å². The first kappa shape index (κ1) is 11.2. The monoisotopic (exact) mass is 282 g/mol. The van der Waals surface area contributed by atoms with Gasteiger partial charge in [0.2, 0.25) is 0 Å². The molecule has 0 fully saturated rings. The summed E-state index contributed by atoms with van der Waals surface area (Å²) >= 11 is 3.30. The maximum atomic E-state index is 6.06. The van der Waals surface area contributed by atoms with Crippen molar-refractivity contribution in [2.75, 3.05) is 0 Å². The number of hydrogen-bond donors (Lipinski definition) is 1. The first-order valence-corrected chi connectivity index (χ1v) is 5.48. The molecule has 0 aromatic carbocycles. The first-order valence-electron chi connectivity index (χ1n) is 4.69. The Morgan fingerprint density at radius 1 is 1.38 bits per heavy atom. The Morgan fingerprint density at radius 2 is 2.00 bits per heavy atom. The summed E-state index contributed by atoms with van der Waals surface area (Å²) in [6.07, 6.45) is 3.47. The Hall–Kier alpha value is -1.34. The number of aryl methyl sites for hydroxylation is 2. The average molecular weight is 283 g/mol. The van der Waals surface area contributed by atoms with Gasteiger partial charge in [-0.25, -0.2) is 14.6 Å². The Balaban J connectivity index is 2.39. The summed E-state index contributed by atoms with van der Waals surface area (Å²) < 4.78 is 2.23. The molecule has 0 radical (unpaired) electrons. The van der Waals surface area contributed by atoms with Gasteiger partial charge in [-0.1, -0.05) is 5.21 Å². The summed E-state index contributed by atoms with van der Waals surface area (Å²) in [5, 5.41) is 7.74. The lowest BCUT2D eigenvalue weighted by atomic mass is 10.2. The van der Waals surface area contributed by atoms with Gasteiger partial charge in [0, 0.05) is 19.4 Å². The lowest BCUT2D eigenvalue weighted by molar-refractivity contribution is 0.634. The topological polar surface area (TPSA) is 82.5 Å². The number of halogens is 1. The highest BCUT2D eigenvalue weighted by molar-refractivity contribution is 9.10. The van der Waals surface area contributed by atoms with E-state index >= 15 is 0 Å². The van der Waals surface area contributed by atoms with Gasteiger partial charge in [-0.3, -0.25) is 0 Å². The van der Waals surface area contributed by atoms with E-state index in [1.165, 1.54) is 0 Å². The first-order chi connectivity index (χ1) is 7.59. The number of nitrogens with two attached hydrogens (primary N) is 1. The van der Waals surface area contributed by atoms with E-state index in [-0.39, 0.29) is 0 Å². The molecule has 0 aliphatic rings. The van der Waals surface area contributed by atoms with E-state index in [9.17, 15) is 0 Å². The smallest absolute Gasteiger partial charge is 0.153 e. The predicted molar refractivity (Wildman–Crippen MR) is 61.5 cm³/mol. The SMILES string of the molecule is Cc1cnc(C(N)c2c(Br)nnn2C)nc1. The molecule has 2 aromatic rings. The highest BCUT2D eigenvalue weighted by Gasteiger charge is 2.20. The van der Waals surface area contributed by atoms with Crippen LogP contribution < -0.4 is 5.73 Å². The zero-order chi connectivity index (χ0) is 11.7. The quantitative estimate of drug-likeness (QED) is 0.878. The van der Waals surface area contributed by atoms with Crippen LogP contribution in [0, 0.1) is 6.92 Å². The fraction of sp³-hybridized carbons (Fsp3) is 0.333. The summed E-state index contributed by atoms with van der Waals surface area (Å²) in [5.41, 5.74) is 7.81. The van der Waals surface area contributed by atoms with Crippen LogP contribution in [0.15, 0.2) is 17.0 Å². The highest BCUT2D eigenvalue weighted by Crippen LogP contribution is 2.21. The van der Waals surface area contributed by atoms with E-state index in [0.717, 1.165) is 11.3 Å². The second kappa shape index (κ2) is 4.26. The Bertz CT molecular complexity index is 472. The van der Waals surface area contributed by atoms with Crippen LogP contribution in [-0.4, -0.2) is 25.0 Å². The normalized spacial score (nSPS) is 12.8. The number of nitrogens with zero attached hydrogens (tertiary/aromatic N) is 5. The molecule has 6 nitrogen and oxygen atoms in total. The highest BCUT2D eigenvalue weighted by atomic mass is 79.9. The van der Waals surface area contributed by atoms with Crippen molar-refractivity contribution in [3.05, 3.63) is 34.1 Å². The van der Waals surface area contributed by atoms with E-state index in [2.05, 4.69) is 36.2 Å². The molecule has 2 N–H and O–H groups in total. The second-order valence-corrected chi connectivity index (χ2v) is 4.24. The third-order valence-corrected chi connectivity index (χ3v) is 2.77. The fourth-order valence-corrected chi connectivity index (χ4v) is 1.93. The van der Waals surface area contributed by atoms with Crippen molar-refractivity contribution >= 4 is 15.9 Å². The Labute approximate surface area is 101 Å². The lowest BCUT2D eigenvalue weighted by Crippen LogP contribution is -2.19. The summed E-state index contributed by atoms with van der Waals surface area (Å²) in [6.45, 7) is 1.93. The predicted octanol–water partition coefficient (Wildman–Crippen LogP) is 0.724. The third kappa shape index (κ3) is 1.96. The van der Waals surface area contributed by atoms with Gasteiger partial charge in [0.05, 0.1) is 5.69 Å². The van der Waals surface area contributed by atoms with Crippen LogP contribution in [0.3, 0.4) is 0 Å². The van der Waals surface area contributed by atoms with E-state index in [4.69, 9.17) is 5.73 Å². The minimum absolute atomic E-state index is 0.435. The number of rotatable bonds is 2. The molecule has 0 aliphatic heterocycles. The van der Waals surface area contributed by atoms with Crippen molar-refractivity contribution in [1.29, 1.82) is 0 Å². The van der Waals surface area contributed by atoms with E-state index in [1.54, 1.807) is 24.1 Å². The van der Waals surface area contributed by atoms with Gasteiger partial charge >= 0.3 is 0 Å².